The normalized spacial score (nSPS) is 26.9. The maximum Gasteiger partial charge on any atom is 0.326 e. The summed E-state index contributed by atoms with van der Waals surface area (Å²) in [6.07, 6.45) is 1.88. The summed E-state index contributed by atoms with van der Waals surface area (Å²) in [5.74, 6) is -1.08. The first-order valence-electron chi connectivity index (χ1n) is 7.65. The first-order valence-corrected chi connectivity index (χ1v) is 7.65. The molecule has 2 unspecified atom stereocenters. The standard InChI is InChI=1S/C9H14N2O3.C5H7NO3/c12-8-2-1-7(10-8)9(13)11-3-5-14-6-4-11;7-4-2-1-3(6-4)5(8)9/h7H,1-6H2,(H,10,12);3H,1-2H2,(H,6,7)(H,8,9). The van der Waals surface area contributed by atoms with Crippen LogP contribution in [0.25, 0.3) is 0 Å². The minimum atomic E-state index is -0.944. The van der Waals surface area contributed by atoms with Crippen molar-refractivity contribution in [3.63, 3.8) is 0 Å². The number of amides is 3. The Labute approximate surface area is 133 Å². The predicted octanol–water partition coefficient (Wildman–Crippen LogP) is -1.53. The average Bonchev–Trinajstić information content (AvgIpc) is 3.17. The van der Waals surface area contributed by atoms with Crippen LogP contribution in [0.3, 0.4) is 0 Å². The van der Waals surface area contributed by atoms with Crippen LogP contribution in [-0.4, -0.2) is 72.1 Å². The fourth-order valence-corrected chi connectivity index (χ4v) is 2.60. The minimum absolute atomic E-state index is 0.0170. The van der Waals surface area contributed by atoms with Gasteiger partial charge in [-0.05, 0) is 12.8 Å². The van der Waals surface area contributed by atoms with Gasteiger partial charge in [-0.25, -0.2) is 4.79 Å². The number of hydrogen-bond acceptors (Lipinski definition) is 5. The van der Waals surface area contributed by atoms with Crippen LogP contribution >= 0.6 is 0 Å². The lowest BCUT2D eigenvalue weighted by molar-refractivity contribution is -0.140. The highest BCUT2D eigenvalue weighted by Crippen LogP contribution is 2.10. The molecule has 3 aliphatic rings. The van der Waals surface area contributed by atoms with E-state index in [1.54, 1.807) is 4.90 Å². The molecule has 3 heterocycles. The van der Waals surface area contributed by atoms with E-state index in [1.165, 1.54) is 0 Å². The Morgan fingerprint density at radius 3 is 1.91 bits per heavy atom. The van der Waals surface area contributed by atoms with Gasteiger partial charge < -0.3 is 25.4 Å². The van der Waals surface area contributed by atoms with Crippen molar-refractivity contribution in [3.05, 3.63) is 0 Å². The number of carbonyl (C=O) groups is 4. The Bertz CT molecular complexity index is 489. The lowest BCUT2D eigenvalue weighted by Gasteiger charge is -2.28. The molecule has 23 heavy (non-hydrogen) atoms. The maximum atomic E-state index is 11.8. The molecule has 128 valence electrons. The van der Waals surface area contributed by atoms with E-state index in [1.807, 2.05) is 0 Å². The van der Waals surface area contributed by atoms with Gasteiger partial charge in [0.25, 0.3) is 0 Å². The largest absolute Gasteiger partial charge is 0.480 e. The zero-order chi connectivity index (χ0) is 16.8. The van der Waals surface area contributed by atoms with Gasteiger partial charge in [-0.3, -0.25) is 14.4 Å². The van der Waals surface area contributed by atoms with Gasteiger partial charge in [-0.1, -0.05) is 0 Å². The van der Waals surface area contributed by atoms with Crippen molar-refractivity contribution in [1.82, 2.24) is 15.5 Å². The lowest BCUT2D eigenvalue weighted by Crippen LogP contribution is -2.48. The molecule has 3 saturated heterocycles. The minimum Gasteiger partial charge on any atom is -0.480 e. The highest BCUT2D eigenvalue weighted by Gasteiger charge is 2.31. The van der Waals surface area contributed by atoms with Crippen LogP contribution in [0.1, 0.15) is 25.7 Å². The van der Waals surface area contributed by atoms with Crippen molar-refractivity contribution in [1.29, 1.82) is 0 Å². The van der Waals surface area contributed by atoms with Gasteiger partial charge in [-0.15, -0.1) is 0 Å². The molecule has 0 aliphatic carbocycles. The van der Waals surface area contributed by atoms with Crippen LogP contribution in [0.2, 0.25) is 0 Å². The summed E-state index contributed by atoms with van der Waals surface area (Å²) in [4.78, 5) is 45.0. The molecule has 0 spiro atoms. The molecule has 0 aromatic rings. The van der Waals surface area contributed by atoms with Crippen molar-refractivity contribution in [2.24, 2.45) is 0 Å². The second-order valence-corrected chi connectivity index (χ2v) is 5.59. The highest BCUT2D eigenvalue weighted by atomic mass is 16.5. The maximum absolute atomic E-state index is 11.8. The molecular formula is C14H21N3O6. The van der Waals surface area contributed by atoms with Crippen molar-refractivity contribution >= 4 is 23.7 Å². The molecule has 3 rings (SSSR count). The Morgan fingerprint density at radius 2 is 1.52 bits per heavy atom. The van der Waals surface area contributed by atoms with Crippen molar-refractivity contribution < 1.29 is 29.0 Å². The summed E-state index contributed by atoms with van der Waals surface area (Å²) in [7, 11) is 0. The number of aliphatic carboxylic acids is 1. The van der Waals surface area contributed by atoms with Crippen LogP contribution in [0.15, 0.2) is 0 Å². The smallest absolute Gasteiger partial charge is 0.326 e. The molecule has 9 nitrogen and oxygen atoms in total. The topological polar surface area (TPSA) is 125 Å². The van der Waals surface area contributed by atoms with Gasteiger partial charge in [0.05, 0.1) is 13.2 Å². The van der Waals surface area contributed by atoms with Crippen molar-refractivity contribution in [2.75, 3.05) is 26.3 Å². The van der Waals surface area contributed by atoms with Crippen LogP contribution in [0.4, 0.5) is 0 Å². The number of carboxylic acids is 1. The first-order chi connectivity index (χ1) is 11.0. The molecule has 0 bridgehead atoms. The fourth-order valence-electron chi connectivity index (χ4n) is 2.60. The summed E-state index contributed by atoms with van der Waals surface area (Å²) in [6.45, 7) is 2.50. The van der Waals surface area contributed by atoms with E-state index in [9.17, 15) is 19.2 Å². The molecule has 0 aromatic carbocycles. The monoisotopic (exact) mass is 327 g/mol. The zero-order valence-corrected chi connectivity index (χ0v) is 12.7. The number of hydrogen-bond donors (Lipinski definition) is 3. The number of nitrogens with zero attached hydrogens (tertiary/aromatic N) is 1. The molecule has 0 radical (unpaired) electrons. The second-order valence-electron chi connectivity index (χ2n) is 5.59. The molecule has 0 aromatic heterocycles. The Hall–Kier alpha value is -2.16. The molecule has 3 N–H and O–H groups in total. The molecule has 2 atom stereocenters. The quantitative estimate of drug-likeness (QED) is 0.565. The summed E-state index contributed by atoms with van der Waals surface area (Å²) in [5, 5.41) is 13.3. The van der Waals surface area contributed by atoms with Gasteiger partial charge >= 0.3 is 5.97 Å². The third-order valence-corrected chi connectivity index (χ3v) is 3.91. The van der Waals surface area contributed by atoms with E-state index in [-0.39, 0.29) is 23.8 Å². The zero-order valence-electron chi connectivity index (χ0n) is 12.7. The van der Waals surface area contributed by atoms with Gasteiger partial charge in [-0.2, -0.15) is 0 Å². The highest BCUT2D eigenvalue weighted by molar-refractivity contribution is 5.90. The predicted molar refractivity (Wildman–Crippen MR) is 77.4 cm³/mol. The first kappa shape index (κ1) is 17.2. The van der Waals surface area contributed by atoms with E-state index in [4.69, 9.17) is 9.84 Å². The molecule has 3 amide bonds. The second kappa shape index (κ2) is 7.91. The van der Waals surface area contributed by atoms with E-state index in [0.717, 1.165) is 0 Å². The van der Waals surface area contributed by atoms with Gasteiger partial charge in [0.15, 0.2) is 0 Å². The third kappa shape index (κ3) is 4.92. The molecule has 3 fully saturated rings. The van der Waals surface area contributed by atoms with Crippen molar-refractivity contribution in [2.45, 2.75) is 37.8 Å². The van der Waals surface area contributed by atoms with Gasteiger partial charge in [0.2, 0.25) is 17.7 Å². The number of rotatable bonds is 2. The van der Waals surface area contributed by atoms with Crippen LogP contribution in [0, 0.1) is 0 Å². The van der Waals surface area contributed by atoms with Crippen molar-refractivity contribution in [3.8, 4) is 0 Å². The molecular weight excluding hydrogens is 306 g/mol. The number of carboxylic acid groups (broad SMARTS) is 1. The van der Waals surface area contributed by atoms with E-state index in [2.05, 4.69) is 10.6 Å². The van der Waals surface area contributed by atoms with E-state index in [0.29, 0.717) is 52.0 Å². The summed E-state index contributed by atoms with van der Waals surface area (Å²) >= 11 is 0. The summed E-state index contributed by atoms with van der Waals surface area (Å²) < 4.78 is 5.15. The van der Waals surface area contributed by atoms with Crippen LogP contribution < -0.4 is 10.6 Å². The average molecular weight is 327 g/mol. The number of nitrogens with one attached hydrogen (secondary N) is 2. The number of morpholine rings is 1. The SMILES string of the molecule is O=C1CCC(C(=O)N2CCOCC2)N1.O=C1CCC(C(=O)O)N1. The van der Waals surface area contributed by atoms with E-state index < -0.39 is 12.0 Å². The Balaban J connectivity index is 0.000000185. The Morgan fingerprint density at radius 1 is 1.00 bits per heavy atom. The van der Waals surface area contributed by atoms with Gasteiger partial charge in [0, 0.05) is 25.9 Å². The fraction of sp³-hybridized carbons (Fsp3) is 0.714. The third-order valence-electron chi connectivity index (χ3n) is 3.91. The summed E-state index contributed by atoms with van der Waals surface area (Å²) in [6, 6.07) is -0.932. The van der Waals surface area contributed by atoms with Crippen LogP contribution in [0.5, 0.6) is 0 Å². The van der Waals surface area contributed by atoms with E-state index >= 15 is 0 Å². The van der Waals surface area contributed by atoms with Crippen LogP contribution in [-0.2, 0) is 23.9 Å². The molecule has 0 saturated carbocycles. The van der Waals surface area contributed by atoms with Gasteiger partial charge in [0.1, 0.15) is 12.1 Å². The number of carbonyl (C=O) groups excluding carboxylic acids is 3. The summed E-state index contributed by atoms with van der Waals surface area (Å²) in [5.41, 5.74) is 0. The molecule has 3 aliphatic heterocycles. The lowest BCUT2D eigenvalue weighted by atomic mass is 10.2. The Kier molecular flexibility index (Phi) is 5.91. The number of ether oxygens (including phenoxy) is 1. The molecule has 9 heteroatoms.